The quantitative estimate of drug-likeness (QED) is 0.515. The third kappa shape index (κ3) is 7.14. The lowest BCUT2D eigenvalue weighted by Crippen LogP contribution is -2.28. The van der Waals surface area contributed by atoms with Crippen molar-refractivity contribution in [1.29, 1.82) is 0 Å². The molecule has 0 unspecified atom stereocenters. The normalized spacial score (nSPS) is 10.8. The summed E-state index contributed by atoms with van der Waals surface area (Å²) in [7, 11) is 0. The zero-order valence-corrected chi connectivity index (χ0v) is 13.4. The van der Waals surface area contributed by atoms with Crippen LogP contribution < -0.4 is 11.1 Å². The van der Waals surface area contributed by atoms with Crippen LogP contribution in [0.2, 0.25) is 0 Å². The van der Waals surface area contributed by atoms with Crippen molar-refractivity contribution < 1.29 is 4.79 Å². The molecule has 0 radical (unpaired) electrons. The molecule has 0 bridgehead atoms. The lowest BCUT2D eigenvalue weighted by molar-refractivity contribution is 0.0952. The van der Waals surface area contributed by atoms with Gasteiger partial charge in [0.05, 0.1) is 0 Å². The van der Waals surface area contributed by atoms with E-state index in [1.165, 1.54) is 25.9 Å². The Kier molecular flexibility index (Phi) is 8.51. The summed E-state index contributed by atoms with van der Waals surface area (Å²) >= 11 is 0. The second-order valence-electron chi connectivity index (χ2n) is 5.43. The van der Waals surface area contributed by atoms with Crippen molar-refractivity contribution >= 4 is 11.6 Å². The van der Waals surface area contributed by atoms with Gasteiger partial charge in [0.2, 0.25) is 0 Å². The molecule has 1 aromatic rings. The molecule has 3 N–H and O–H groups in total. The number of carbonyl (C=O) groups is 1. The van der Waals surface area contributed by atoms with Gasteiger partial charge in [-0.15, -0.1) is 0 Å². The number of benzene rings is 1. The maximum Gasteiger partial charge on any atom is 0.251 e. The van der Waals surface area contributed by atoms with Crippen LogP contribution >= 0.6 is 0 Å². The van der Waals surface area contributed by atoms with Gasteiger partial charge in [-0.2, -0.15) is 0 Å². The first-order valence-corrected chi connectivity index (χ1v) is 8.03. The summed E-state index contributed by atoms with van der Waals surface area (Å²) in [5, 5.41) is 2.96. The van der Waals surface area contributed by atoms with Crippen LogP contribution in [-0.2, 0) is 0 Å². The van der Waals surface area contributed by atoms with Gasteiger partial charge in [-0.3, -0.25) is 4.79 Å². The van der Waals surface area contributed by atoms with Crippen molar-refractivity contribution in [3.05, 3.63) is 29.8 Å². The van der Waals surface area contributed by atoms with Crippen LogP contribution in [0.5, 0.6) is 0 Å². The second kappa shape index (κ2) is 10.2. The number of nitrogens with one attached hydrogen (secondary N) is 1. The van der Waals surface area contributed by atoms with E-state index in [9.17, 15) is 4.79 Å². The molecule has 0 aliphatic heterocycles. The Morgan fingerprint density at radius 1 is 1.05 bits per heavy atom. The van der Waals surface area contributed by atoms with E-state index < -0.39 is 0 Å². The van der Waals surface area contributed by atoms with Crippen LogP contribution in [0.15, 0.2) is 24.3 Å². The highest BCUT2D eigenvalue weighted by Gasteiger charge is 2.05. The number of nitrogens with two attached hydrogens (primary N) is 1. The molecule has 21 heavy (non-hydrogen) atoms. The second-order valence-corrected chi connectivity index (χ2v) is 5.43. The predicted molar refractivity (Wildman–Crippen MR) is 89.4 cm³/mol. The van der Waals surface area contributed by atoms with Gasteiger partial charge in [-0.1, -0.05) is 13.8 Å². The molecule has 0 saturated carbocycles. The van der Waals surface area contributed by atoms with Crippen LogP contribution in [0.1, 0.15) is 49.9 Å². The SMILES string of the molecule is CCCN(CCC)CCCCNC(=O)c1ccc(N)cc1. The first kappa shape index (κ1) is 17.5. The molecule has 1 rings (SSSR count). The fourth-order valence-electron chi connectivity index (χ4n) is 2.37. The number of nitrogen functional groups attached to an aromatic ring is 1. The molecule has 0 spiro atoms. The van der Waals surface area contributed by atoms with E-state index in [4.69, 9.17) is 5.73 Å². The summed E-state index contributed by atoms with van der Waals surface area (Å²) in [6.45, 7) is 8.64. The van der Waals surface area contributed by atoms with Crippen molar-refractivity contribution in [1.82, 2.24) is 10.2 Å². The molecule has 0 saturated heterocycles. The first-order valence-electron chi connectivity index (χ1n) is 8.03. The number of rotatable bonds is 10. The smallest absolute Gasteiger partial charge is 0.251 e. The molecule has 118 valence electrons. The third-order valence-electron chi connectivity index (χ3n) is 3.44. The minimum absolute atomic E-state index is 0.0195. The Hall–Kier alpha value is -1.55. The highest BCUT2D eigenvalue weighted by molar-refractivity contribution is 5.94. The summed E-state index contributed by atoms with van der Waals surface area (Å²) in [5.41, 5.74) is 6.96. The number of hydrogen-bond donors (Lipinski definition) is 2. The predicted octanol–water partition coefficient (Wildman–Crippen LogP) is 2.90. The van der Waals surface area contributed by atoms with Crippen LogP contribution in [0, 0.1) is 0 Å². The van der Waals surface area contributed by atoms with Gasteiger partial charge in [-0.25, -0.2) is 0 Å². The molecule has 0 fully saturated rings. The average Bonchev–Trinajstić information content (AvgIpc) is 2.47. The molecule has 0 aromatic heterocycles. The Morgan fingerprint density at radius 3 is 2.24 bits per heavy atom. The molecular formula is C17H29N3O. The van der Waals surface area contributed by atoms with E-state index in [-0.39, 0.29) is 5.91 Å². The number of amides is 1. The fourth-order valence-corrected chi connectivity index (χ4v) is 2.37. The summed E-state index contributed by atoms with van der Waals surface area (Å²) in [6.07, 6.45) is 4.55. The van der Waals surface area contributed by atoms with Gasteiger partial charge in [0.15, 0.2) is 0 Å². The Morgan fingerprint density at radius 2 is 1.67 bits per heavy atom. The number of anilines is 1. The monoisotopic (exact) mass is 291 g/mol. The molecule has 1 aromatic carbocycles. The molecule has 0 aliphatic carbocycles. The van der Waals surface area contributed by atoms with E-state index in [1.54, 1.807) is 24.3 Å². The summed E-state index contributed by atoms with van der Waals surface area (Å²) in [6, 6.07) is 7.02. The minimum Gasteiger partial charge on any atom is -0.399 e. The van der Waals surface area contributed by atoms with Crippen LogP contribution in [0.4, 0.5) is 5.69 Å². The van der Waals surface area contributed by atoms with Crippen LogP contribution in [0.25, 0.3) is 0 Å². The van der Waals surface area contributed by atoms with Gasteiger partial charge in [0.1, 0.15) is 0 Å². The molecular weight excluding hydrogens is 262 g/mol. The van der Waals surface area contributed by atoms with Crippen LogP contribution in [-0.4, -0.2) is 37.0 Å². The maximum absolute atomic E-state index is 11.9. The molecule has 4 nitrogen and oxygen atoms in total. The van der Waals surface area contributed by atoms with E-state index in [0.717, 1.165) is 25.9 Å². The van der Waals surface area contributed by atoms with E-state index in [1.807, 2.05) is 0 Å². The van der Waals surface area contributed by atoms with Crippen molar-refractivity contribution in [2.75, 3.05) is 31.9 Å². The zero-order valence-electron chi connectivity index (χ0n) is 13.4. The van der Waals surface area contributed by atoms with Gasteiger partial charge in [0.25, 0.3) is 5.91 Å². The topological polar surface area (TPSA) is 58.4 Å². The van der Waals surface area contributed by atoms with Gasteiger partial charge < -0.3 is 16.0 Å². The lowest BCUT2D eigenvalue weighted by atomic mass is 10.2. The number of carbonyl (C=O) groups excluding carboxylic acids is 1. The first-order chi connectivity index (χ1) is 10.2. The van der Waals surface area contributed by atoms with Crippen molar-refractivity contribution in [2.45, 2.75) is 39.5 Å². The molecule has 4 heteroatoms. The highest BCUT2D eigenvalue weighted by atomic mass is 16.1. The Balaban J connectivity index is 2.18. The highest BCUT2D eigenvalue weighted by Crippen LogP contribution is 2.05. The number of hydrogen-bond acceptors (Lipinski definition) is 3. The van der Waals surface area contributed by atoms with Crippen molar-refractivity contribution in [3.8, 4) is 0 Å². The van der Waals surface area contributed by atoms with Gasteiger partial charge in [0, 0.05) is 17.8 Å². The molecule has 0 atom stereocenters. The van der Waals surface area contributed by atoms with Crippen LogP contribution in [0.3, 0.4) is 0 Å². The lowest BCUT2D eigenvalue weighted by Gasteiger charge is -2.20. The summed E-state index contributed by atoms with van der Waals surface area (Å²) in [4.78, 5) is 14.4. The Labute approximate surface area is 128 Å². The zero-order chi connectivity index (χ0) is 15.5. The Bertz CT molecular complexity index is 397. The summed E-state index contributed by atoms with van der Waals surface area (Å²) < 4.78 is 0. The maximum atomic E-state index is 11.9. The minimum atomic E-state index is -0.0195. The van der Waals surface area contributed by atoms with E-state index in [0.29, 0.717) is 11.3 Å². The van der Waals surface area contributed by atoms with Gasteiger partial charge >= 0.3 is 0 Å². The largest absolute Gasteiger partial charge is 0.399 e. The third-order valence-corrected chi connectivity index (χ3v) is 3.44. The summed E-state index contributed by atoms with van der Waals surface area (Å²) in [5.74, 6) is -0.0195. The van der Waals surface area contributed by atoms with E-state index >= 15 is 0 Å². The van der Waals surface area contributed by atoms with Gasteiger partial charge in [-0.05, 0) is 69.6 Å². The number of nitrogens with zero attached hydrogens (tertiary/aromatic N) is 1. The molecule has 0 heterocycles. The molecule has 1 amide bonds. The van der Waals surface area contributed by atoms with Crippen molar-refractivity contribution in [2.24, 2.45) is 0 Å². The number of unbranched alkanes of at least 4 members (excludes halogenated alkanes) is 1. The fraction of sp³-hybridized carbons (Fsp3) is 0.588. The van der Waals surface area contributed by atoms with E-state index in [2.05, 4.69) is 24.1 Å². The standard InChI is InChI=1S/C17H29N3O/c1-3-12-20(13-4-2)14-6-5-11-19-17(21)15-7-9-16(18)10-8-15/h7-10H,3-6,11-14,18H2,1-2H3,(H,19,21). The molecule has 0 aliphatic rings. The average molecular weight is 291 g/mol. The van der Waals surface area contributed by atoms with Crippen molar-refractivity contribution in [3.63, 3.8) is 0 Å².